The predicted octanol–water partition coefficient (Wildman–Crippen LogP) is 2.46. The second kappa shape index (κ2) is 10.1. The minimum atomic E-state index is -0.540. The Balaban J connectivity index is 1.80. The van der Waals surface area contributed by atoms with E-state index in [0.717, 1.165) is 11.3 Å². The minimum Gasteiger partial charge on any atom is -0.383 e. The quantitative estimate of drug-likeness (QED) is 0.466. The van der Waals surface area contributed by atoms with Gasteiger partial charge in [0, 0.05) is 19.3 Å². The first-order valence-corrected chi connectivity index (χ1v) is 9.66. The number of anilines is 2. The van der Waals surface area contributed by atoms with Crippen molar-refractivity contribution in [1.29, 1.82) is 0 Å². The lowest BCUT2D eigenvalue weighted by Gasteiger charge is -2.08. The molecule has 2 rings (SSSR count). The topological polar surface area (TPSA) is 105 Å². The molecular weight excluding hydrogens is 374 g/mol. The lowest BCUT2D eigenvalue weighted by molar-refractivity contribution is -0.117. The number of nitrogens with one attached hydrogen (secondary N) is 3. The number of nitrogens with zero attached hydrogens (tertiary/aromatic N) is 2. The number of carbonyl (C=O) groups is 2. The van der Waals surface area contributed by atoms with Crippen molar-refractivity contribution in [2.24, 2.45) is 0 Å². The van der Waals surface area contributed by atoms with Crippen molar-refractivity contribution < 1.29 is 14.3 Å². The second-order valence-electron chi connectivity index (χ2n) is 5.33. The summed E-state index contributed by atoms with van der Waals surface area (Å²) < 4.78 is 5.46. The third kappa shape index (κ3) is 6.28. The Morgan fingerprint density at radius 1 is 1.27 bits per heavy atom. The van der Waals surface area contributed by atoms with Crippen LogP contribution in [-0.2, 0) is 9.53 Å². The van der Waals surface area contributed by atoms with Crippen LogP contribution in [0.15, 0.2) is 22.5 Å². The van der Waals surface area contributed by atoms with Crippen molar-refractivity contribution >= 4 is 45.9 Å². The number of hydrogen-bond acceptors (Lipinski definition) is 8. The number of ether oxygens (including phenoxy) is 1. The zero-order valence-electron chi connectivity index (χ0n) is 14.8. The van der Waals surface area contributed by atoms with E-state index in [2.05, 4.69) is 26.1 Å². The highest BCUT2D eigenvalue weighted by Crippen LogP contribution is 2.29. The number of aromatic nitrogens is 2. The Morgan fingerprint density at radius 2 is 2.08 bits per heavy atom. The lowest BCUT2D eigenvalue weighted by atomic mass is 10.1. The maximum Gasteiger partial charge on any atom is 0.321 e. The normalized spacial score (nSPS) is 10.4. The van der Waals surface area contributed by atoms with E-state index < -0.39 is 11.9 Å². The molecule has 1 heterocycles. The van der Waals surface area contributed by atoms with Crippen LogP contribution in [0.3, 0.4) is 0 Å². The SMILES string of the molecule is COCCNC(=O)NC(=O)CSc1nnc(Nc2cccc(C)c2C)s1. The highest BCUT2D eigenvalue weighted by Gasteiger charge is 2.11. The fourth-order valence-corrected chi connectivity index (χ4v) is 3.49. The zero-order valence-corrected chi connectivity index (χ0v) is 16.4. The van der Waals surface area contributed by atoms with Gasteiger partial charge in [-0.3, -0.25) is 10.1 Å². The van der Waals surface area contributed by atoms with Gasteiger partial charge >= 0.3 is 6.03 Å². The molecule has 0 aliphatic heterocycles. The standard InChI is InChI=1S/C16H21N5O3S2/c1-10-5-4-6-12(11(10)2)18-15-20-21-16(26-15)25-9-13(22)19-14(23)17-7-8-24-3/h4-6H,7-9H2,1-3H3,(H,18,20)(H2,17,19,22,23). The number of aryl methyl sites for hydroxylation is 1. The fraction of sp³-hybridized carbons (Fsp3) is 0.375. The van der Waals surface area contributed by atoms with Crippen LogP contribution >= 0.6 is 23.1 Å². The van der Waals surface area contributed by atoms with E-state index in [4.69, 9.17) is 4.74 Å². The van der Waals surface area contributed by atoms with Gasteiger partial charge < -0.3 is 15.4 Å². The summed E-state index contributed by atoms with van der Waals surface area (Å²) in [4.78, 5) is 23.2. The number of thioether (sulfide) groups is 1. The van der Waals surface area contributed by atoms with Gasteiger partial charge in [0.15, 0.2) is 4.34 Å². The molecule has 0 saturated carbocycles. The Bertz CT molecular complexity index is 766. The van der Waals surface area contributed by atoms with Gasteiger partial charge in [-0.05, 0) is 31.0 Å². The summed E-state index contributed by atoms with van der Waals surface area (Å²) in [6.45, 7) is 4.81. The predicted molar refractivity (Wildman–Crippen MR) is 103 cm³/mol. The molecule has 0 unspecified atom stereocenters. The third-order valence-corrected chi connectivity index (χ3v) is 5.40. The molecule has 0 aliphatic rings. The number of urea groups is 1. The largest absolute Gasteiger partial charge is 0.383 e. The number of benzene rings is 1. The smallest absolute Gasteiger partial charge is 0.321 e. The van der Waals surface area contributed by atoms with Crippen molar-refractivity contribution in [3.63, 3.8) is 0 Å². The summed E-state index contributed by atoms with van der Waals surface area (Å²) in [5.74, 6) is -0.320. The van der Waals surface area contributed by atoms with Crippen LogP contribution in [0, 0.1) is 13.8 Å². The number of carbonyl (C=O) groups excluding carboxylic acids is 2. The summed E-state index contributed by atoms with van der Waals surface area (Å²) in [5.41, 5.74) is 3.31. The van der Waals surface area contributed by atoms with E-state index in [0.29, 0.717) is 22.6 Å². The van der Waals surface area contributed by atoms with Crippen molar-refractivity contribution in [3.05, 3.63) is 29.3 Å². The highest BCUT2D eigenvalue weighted by atomic mass is 32.2. The van der Waals surface area contributed by atoms with Crippen molar-refractivity contribution in [2.75, 3.05) is 31.3 Å². The molecule has 1 aromatic carbocycles. The Kier molecular flexibility index (Phi) is 7.82. The molecular formula is C16H21N5O3S2. The van der Waals surface area contributed by atoms with Crippen molar-refractivity contribution in [1.82, 2.24) is 20.8 Å². The van der Waals surface area contributed by atoms with Crippen LogP contribution in [0.4, 0.5) is 15.6 Å². The molecule has 26 heavy (non-hydrogen) atoms. The lowest BCUT2D eigenvalue weighted by Crippen LogP contribution is -2.41. The third-order valence-electron chi connectivity index (χ3n) is 3.42. The average Bonchev–Trinajstić information content (AvgIpc) is 3.05. The molecule has 3 N–H and O–H groups in total. The Labute approximate surface area is 160 Å². The summed E-state index contributed by atoms with van der Waals surface area (Å²) >= 11 is 2.58. The van der Waals surface area contributed by atoms with Gasteiger partial charge in [-0.1, -0.05) is 35.2 Å². The molecule has 3 amide bonds. The molecule has 0 spiro atoms. The number of hydrogen-bond donors (Lipinski definition) is 3. The highest BCUT2D eigenvalue weighted by molar-refractivity contribution is 8.01. The summed E-state index contributed by atoms with van der Waals surface area (Å²) in [5, 5.41) is 16.8. The molecule has 1 aromatic heterocycles. The van der Waals surface area contributed by atoms with E-state index >= 15 is 0 Å². The van der Waals surface area contributed by atoms with Crippen LogP contribution < -0.4 is 16.0 Å². The summed E-state index contributed by atoms with van der Waals surface area (Å²) in [6, 6.07) is 5.46. The van der Waals surface area contributed by atoms with Gasteiger partial charge in [0.25, 0.3) is 0 Å². The van der Waals surface area contributed by atoms with Gasteiger partial charge in [-0.25, -0.2) is 4.79 Å². The Hall–Kier alpha value is -2.17. The number of methoxy groups -OCH3 is 1. The van der Waals surface area contributed by atoms with Crippen LogP contribution in [0.2, 0.25) is 0 Å². The molecule has 0 atom stereocenters. The zero-order chi connectivity index (χ0) is 18.9. The molecule has 0 aliphatic carbocycles. The van der Waals surface area contributed by atoms with Crippen molar-refractivity contribution in [2.45, 2.75) is 18.2 Å². The van der Waals surface area contributed by atoms with Gasteiger partial charge in [-0.2, -0.15) is 0 Å². The molecule has 2 aromatic rings. The molecule has 0 fully saturated rings. The maximum atomic E-state index is 11.8. The number of rotatable bonds is 8. The van der Waals surface area contributed by atoms with Crippen LogP contribution in [0.25, 0.3) is 0 Å². The van der Waals surface area contributed by atoms with E-state index in [9.17, 15) is 9.59 Å². The van der Waals surface area contributed by atoms with Gasteiger partial charge in [0.1, 0.15) is 0 Å². The number of imide groups is 1. The van der Waals surface area contributed by atoms with E-state index in [1.807, 2.05) is 32.0 Å². The molecule has 0 saturated heterocycles. The maximum absolute atomic E-state index is 11.8. The van der Waals surface area contributed by atoms with E-state index in [1.54, 1.807) is 0 Å². The molecule has 8 nitrogen and oxygen atoms in total. The van der Waals surface area contributed by atoms with Crippen LogP contribution in [0.1, 0.15) is 11.1 Å². The Morgan fingerprint density at radius 3 is 2.85 bits per heavy atom. The molecule has 0 radical (unpaired) electrons. The van der Waals surface area contributed by atoms with Crippen LogP contribution in [-0.4, -0.2) is 48.1 Å². The fourth-order valence-electron chi connectivity index (χ4n) is 1.92. The molecule has 0 bridgehead atoms. The van der Waals surface area contributed by atoms with E-state index in [1.165, 1.54) is 35.8 Å². The van der Waals surface area contributed by atoms with Gasteiger partial charge in [0.2, 0.25) is 11.0 Å². The molecule has 10 heteroatoms. The van der Waals surface area contributed by atoms with Gasteiger partial charge in [-0.15, -0.1) is 10.2 Å². The number of amides is 3. The van der Waals surface area contributed by atoms with Gasteiger partial charge in [0.05, 0.1) is 12.4 Å². The monoisotopic (exact) mass is 395 g/mol. The molecule has 140 valence electrons. The second-order valence-corrected chi connectivity index (χ2v) is 7.53. The van der Waals surface area contributed by atoms with Crippen LogP contribution in [0.5, 0.6) is 0 Å². The van der Waals surface area contributed by atoms with Crippen molar-refractivity contribution in [3.8, 4) is 0 Å². The first-order chi connectivity index (χ1) is 12.5. The average molecular weight is 396 g/mol. The summed E-state index contributed by atoms with van der Waals surface area (Å²) in [6.07, 6.45) is 0. The first-order valence-electron chi connectivity index (χ1n) is 7.85. The summed E-state index contributed by atoms with van der Waals surface area (Å²) in [7, 11) is 1.53. The van der Waals surface area contributed by atoms with E-state index in [-0.39, 0.29) is 5.75 Å². The minimum absolute atomic E-state index is 0.0792. The first kappa shape index (κ1) is 20.1.